The number of anilines is 1. The number of halogens is 2. The van der Waals surface area contributed by atoms with Crippen LogP contribution < -0.4 is 16.4 Å². The molecule has 28 heavy (non-hydrogen) atoms. The highest BCUT2D eigenvalue weighted by Gasteiger charge is 2.16. The van der Waals surface area contributed by atoms with Crippen LogP contribution in [0.3, 0.4) is 0 Å². The van der Waals surface area contributed by atoms with Gasteiger partial charge in [-0.15, -0.1) is 30.6 Å². The van der Waals surface area contributed by atoms with Crippen molar-refractivity contribution in [1.82, 2.24) is 20.4 Å². The molecule has 0 amide bonds. The Balaban J connectivity index is 0.00000392. The maximum atomic E-state index is 13.1. The number of nitriles is 1. The van der Waals surface area contributed by atoms with Crippen LogP contribution in [0.4, 0.5) is 10.2 Å². The Labute approximate surface area is 181 Å². The first-order chi connectivity index (χ1) is 13.1. The fraction of sp³-hybridized carbons (Fsp3) is 0.316. The molecule has 2 aromatic rings. The molecule has 0 atom stereocenters. The molecule has 0 saturated heterocycles. The second-order valence-corrected chi connectivity index (χ2v) is 5.74. The van der Waals surface area contributed by atoms with Gasteiger partial charge in [0.1, 0.15) is 23.3 Å². The van der Waals surface area contributed by atoms with Gasteiger partial charge in [-0.3, -0.25) is 4.99 Å². The van der Waals surface area contributed by atoms with Crippen LogP contribution in [0.2, 0.25) is 0 Å². The predicted molar refractivity (Wildman–Crippen MR) is 121 cm³/mol. The third-order valence-corrected chi connectivity index (χ3v) is 3.78. The molecule has 150 valence electrons. The summed E-state index contributed by atoms with van der Waals surface area (Å²) in [5, 5.41) is 20.1. The maximum absolute atomic E-state index is 13.1. The van der Waals surface area contributed by atoms with Gasteiger partial charge in [-0.25, -0.2) is 9.07 Å². The molecule has 4 N–H and O–H groups in total. The molecule has 0 spiro atoms. The lowest BCUT2D eigenvalue weighted by atomic mass is 10.1. The summed E-state index contributed by atoms with van der Waals surface area (Å²) in [6.07, 6.45) is 3.03. The summed E-state index contributed by atoms with van der Waals surface area (Å²) in [6, 6.07) is 7.91. The minimum absolute atomic E-state index is 0. The first-order valence-corrected chi connectivity index (χ1v) is 8.77. The topological polar surface area (TPSA) is 104 Å². The number of hydrogen-bond donors (Lipinski definition) is 3. The monoisotopic (exact) mass is 497 g/mol. The molecule has 0 bridgehead atoms. The Morgan fingerprint density at radius 1 is 1.39 bits per heavy atom. The van der Waals surface area contributed by atoms with Crippen molar-refractivity contribution in [1.29, 1.82) is 5.26 Å². The van der Waals surface area contributed by atoms with Crippen LogP contribution in [-0.4, -0.2) is 35.4 Å². The zero-order valence-corrected chi connectivity index (χ0v) is 18.1. The van der Waals surface area contributed by atoms with Crippen molar-refractivity contribution in [2.24, 2.45) is 4.99 Å². The van der Waals surface area contributed by atoms with E-state index >= 15 is 0 Å². The molecule has 9 heteroatoms. The van der Waals surface area contributed by atoms with E-state index in [1.165, 1.54) is 16.8 Å². The van der Waals surface area contributed by atoms with E-state index in [1.807, 2.05) is 6.92 Å². The van der Waals surface area contributed by atoms with Crippen molar-refractivity contribution in [3.8, 4) is 11.8 Å². The Hall–Kier alpha value is -2.61. The summed E-state index contributed by atoms with van der Waals surface area (Å²) in [7, 11) is 0. The van der Waals surface area contributed by atoms with Crippen molar-refractivity contribution in [2.75, 3.05) is 25.4 Å². The van der Waals surface area contributed by atoms with E-state index in [0.29, 0.717) is 48.8 Å². The highest BCUT2D eigenvalue weighted by atomic mass is 127. The van der Waals surface area contributed by atoms with Crippen molar-refractivity contribution in [3.63, 3.8) is 0 Å². The number of rotatable bonds is 8. The number of aryl methyl sites for hydroxylation is 1. The maximum Gasteiger partial charge on any atom is 0.191 e. The molecule has 7 nitrogen and oxygen atoms in total. The number of nitrogen functional groups attached to an aromatic ring is 1. The third kappa shape index (κ3) is 6.23. The number of guanidine groups is 1. The molecule has 0 radical (unpaired) electrons. The van der Waals surface area contributed by atoms with E-state index in [-0.39, 0.29) is 35.6 Å². The predicted octanol–water partition coefficient (Wildman–Crippen LogP) is 2.76. The van der Waals surface area contributed by atoms with Crippen molar-refractivity contribution >= 4 is 35.8 Å². The first-order valence-electron chi connectivity index (χ1n) is 8.77. The van der Waals surface area contributed by atoms with E-state index < -0.39 is 0 Å². The van der Waals surface area contributed by atoms with Crippen LogP contribution in [0.25, 0.3) is 5.69 Å². The van der Waals surface area contributed by atoms with Gasteiger partial charge < -0.3 is 16.4 Å². The number of aromatic nitrogens is 2. The summed E-state index contributed by atoms with van der Waals surface area (Å²) in [4.78, 5) is 4.47. The van der Waals surface area contributed by atoms with Gasteiger partial charge in [-0.05, 0) is 44.0 Å². The largest absolute Gasteiger partial charge is 0.382 e. The molecule has 0 fully saturated rings. The number of hydrogen-bond acceptors (Lipinski definition) is 4. The van der Waals surface area contributed by atoms with Gasteiger partial charge in [0.05, 0.1) is 11.4 Å². The quantitative estimate of drug-likeness (QED) is 0.171. The highest BCUT2D eigenvalue weighted by Crippen LogP contribution is 2.21. The molecular weight excluding hydrogens is 472 g/mol. The Bertz CT molecular complexity index is 837. The van der Waals surface area contributed by atoms with Crippen molar-refractivity contribution in [3.05, 3.63) is 54.0 Å². The molecule has 2 rings (SSSR count). The fourth-order valence-electron chi connectivity index (χ4n) is 2.50. The van der Waals surface area contributed by atoms with Crippen LogP contribution in [0.15, 0.2) is 41.9 Å². The van der Waals surface area contributed by atoms with Crippen molar-refractivity contribution in [2.45, 2.75) is 19.8 Å². The van der Waals surface area contributed by atoms with Gasteiger partial charge in [0.2, 0.25) is 0 Å². The van der Waals surface area contributed by atoms with Gasteiger partial charge in [0.15, 0.2) is 5.96 Å². The van der Waals surface area contributed by atoms with E-state index in [4.69, 9.17) is 5.73 Å². The smallest absolute Gasteiger partial charge is 0.191 e. The average molecular weight is 497 g/mol. The third-order valence-electron chi connectivity index (χ3n) is 3.78. The van der Waals surface area contributed by atoms with Gasteiger partial charge in [0, 0.05) is 19.6 Å². The Morgan fingerprint density at radius 3 is 2.71 bits per heavy atom. The van der Waals surface area contributed by atoms with Crippen LogP contribution in [0, 0.1) is 17.1 Å². The first kappa shape index (κ1) is 23.4. The Morgan fingerprint density at radius 2 is 2.11 bits per heavy atom. The summed E-state index contributed by atoms with van der Waals surface area (Å²) in [5.41, 5.74) is 7.62. The fourth-order valence-corrected chi connectivity index (χ4v) is 2.50. The number of nitrogens with one attached hydrogen (secondary N) is 2. The average Bonchev–Trinajstić information content (AvgIpc) is 2.99. The van der Waals surface area contributed by atoms with Crippen LogP contribution in [-0.2, 0) is 6.42 Å². The van der Waals surface area contributed by atoms with E-state index in [2.05, 4.69) is 33.4 Å². The number of nitrogens with zero attached hydrogens (tertiary/aromatic N) is 4. The lowest BCUT2D eigenvalue weighted by Gasteiger charge is -2.09. The molecule has 1 aromatic carbocycles. The number of nitrogens with two attached hydrogens (primary N) is 1. The molecule has 1 aromatic heterocycles. The van der Waals surface area contributed by atoms with Crippen LogP contribution in [0.5, 0.6) is 0 Å². The van der Waals surface area contributed by atoms with Crippen molar-refractivity contribution < 1.29 is 4.39 Å². The minimum Gasteiger partial charge on any atom is -0.382 e. The van der Waals surface area contributed by atoms with Gasteiger partial charge in [-0.1, -0.05) is 6.08 Å². The molecule has 0 unspecified atom stereocenters. The molecule has 1 heterocycles. The zero-order valence-electron chi connectivity index (χ0n) is 15.8. The summed E-state index contributed by atoms with van der Waals surface area (Å²) >= 11 is 0. The standard InChI is InChI=1S/C19H24FN7.HI/c1-3-11-24-19(23-4-2)25-12-5-6-17-16(13-21)18(22)27(26-17)15-9-7-14(20)8-10-15;/h3,7-10H,1,4-6,11-12,22H2,2H3,(H2,23,24,25);1H. The molecule has 0 saturated carbocycles. The molecular formula is C19H25FIN7. The van der Waals surface area contributed by atoms with Gasteiger partial charge in [-0.2, -0.15) is 10.4 Å². The summed E-state index contributed by atoms with van der Waals surface area (Å²) < 4.78 is 14.6. The zero-order chi connectivity index (χ0) is 19.6. The minimum atomic E-state index is -0.343. The molecule has 0 aliphatic rings. The number of benzene rings is 1. The SMILES string of the molecule is C=CCNC(=NCCCc1nn(-c2ccc(F)cc2)c(N)c1C#N)NCC.I. The lowest BCUT2D eigenvalue weighted by molar-refractivity contribution is 0.627. The summed E-state index contributed by atoms with van der Waals surface area (Å²) in [6.45, 7) is 7.63. The van der Waals surface area contributed by atoms with E-state index in [9.17, 15) is 9.65 Å². The second kappa shape index (κ2) is 12.0. The Kier molecular flexibility index (Phi) is 10.0. The molecule has 0 aliphatic carbocycles. The lowest BCUT2D eigenvalue weighted by Crippen LogP contribution is -2.37. The van der Waals surface area contributed by atoms with Gasteiger partial charge in [0.25, 0.3) is 0 Å². The second-order valence-electron chi connectivity index (χ2n) is 5.74. The van der Waals surface area contributed by atoms with Gasteiger partial charge >= 0.3 is 0 Å². The number of aliphatic imine (C=N–C) groups is 1. The molecule has 0 aliphatic heterocycles. The highest BCUT2D eigenvalue weighted by molar-refractivity contribution is 14.0. The van der Waals surface area contributed by atoms with Crippen LogP contribution >= 0.6 is 24.0 Å². The van der Waals surface area contributed by atoms with E-state index in [1.54, 1.807) is 18.2 Å². The normalized spacial score (nSPS) is 10.7. The summed E-state index contributed by atoms with van der Waals surface area (Å²) in [5.74, 6) is 0.627. The van der Waals surface area contributed by atoms with Crippen LogP contribution in [0.1, 0.15) is 24.6 Å². The van der Waals surface area contributed by atoms with E-state index in [0.717, 1.165) is 6.54 Å².